The van der Waals surface area contributed by atoms with E-state index >= 15 is 0 Å². The zero-order valence-corrected chi connectivity index (χ0v) is 13.0. The number of benzene rings is 1. The van der Waals surface area contributed by atoms with Gasteiger partial charge in [-0.05, 0) is 42.4 Å². The van der Waals surface area contributed by atoms with E-state index in [0.717, 1.165) is 24.8 Å². The van der Waals surface area contributed by atoms with Crippen LogP contribution in [0.3, 0.4) is 0 Å². The molecule has 5 heteroatoms. The first-order valence-electron chi connectivity index (χ1n) is 7.10. The summed E-state index contributed by atoms with van der Waals surface area (Å²) >= 11 is 0. The van der Waals surface area contributed by atoms with Gasteiger partial charge < -0.3 is 5.73 Å². The summed E-state index contributed by atoms with van der Waals surface area (Å²) in [5.74, 6) is 0.0181. The fourth-order valence-electron chi connectivity index (χ4n) is 2.93. The molecule has 0 aliphatic heterocycles. The Bertz CT molecular complexity index is 550. The molecule has 0 amide bonds. The number of nitrogen functional groups attached to an aromatic ring is 1. The molecule has 112 valence electrons. The predicted octanol–water partition coefficient (Wildman–Crippen LogP) is 2.66. The number of rotatable bonds is 4. The standard InChI is InChI=1S/C15H24N2O2S/c1-15(2)9-3-4-14(10-15)17-20(18,19)11-12-5-7-13(16)8-6-12/h5-8,14,17H,3-4,9-11,16H2,1-2H3. The van der Waals surface area contributed by atoms with E-state index < -0.39 is 10.0 Å². The van der Waals surface area contributed by atoms with Crippen molar-refractivity contribution >= 4 is 15.7 Å². The van der Waals surface area contributed by atoms with Crippen LogP contribution in [0.15, 0.2) is 24.3 Å². The first-order chi connectivity index (χ1) is 9.26. The van der Waals surface area contributed by atoms with Crippen molar-refractivity contribution in [3.8, 4) is 0 Å². The van der Waals surface area contributed by atoms with Gasteiger partial charge in [0, 0.05) is 11.7 Å². The maximum absolute atomic E-state index is 12.2. The van der Waals surface area contributed by atoms with E-state index in [0.29, 0.717) is 5.69 Å². The predicted molar refractivity (Wildman–Crippen MR) is 82.7 cm³/mol. The van der Waals surface area contributed by atoms with Crippen LogP contribution in [0.25, 0.3) is 0 Å². The average molecular weight is 296 g/mol. The summed E-state index contributed by atoms with van der Waals surface area (Å²) in [6.07, 6.45) is 4.10. The van der Waals surface area contributed by atoms with E-state index in [9.17, 15) is 8.42 Å². The van der Waals surface area contributed by atoms with E-state index in [1.807, 2.05) is 0 Å². The molecule has 1 aromatic rings. The molecule has 1 fully saturated rings. The van der Waals surface area contributed by atoms with Gasteiger partial charge in [-0.2, -0.15) is 0 Å². The smallest absolute Gasteiger partial charge is 0.216 e. The molecule has 1 unspecified atom stereocenters. The number of nitrogens with one attached hydrogen (secondary N) is 1. The molecule has 0 saturated heterocycles. The van der Waals surface area contributed by atoms with E-state index in [1.54, 1.807) is 24.3 Å². The molecule has 1 aromatic carbocycles. The zero-order chi connectivity index (χ0) is 14.8. The van der Waals surface area contributed by atoms with Crippen molar-refractivity contribution in [1.29, 1.82) is 0 Å². The van der Waals surface area contributed by atoms with Gasteiger partial charge in [0.2, 0.25) is 10.0 Å². The van der Waals surface area contributed by atoms with E-state index in [1.165, 1.54) is 6.42 Å². The quantitative estimate of drug-likeness (QED) is 0.839. The van der Waals surface area contributed by atoms with Gasteiger partial charge in [-0.1, -0.05) is 32.4 Å². The summed E-state index contributed by atoms with van der Waals surface area (Å²) in [6, 6.07) is 7.06. The minimum Gasteiger partial charge on any atom is -0.399 e. The highest BCUT2D eigenvalue weighted by molar-refractivity contribution is 7.88. The van der Waals surface area contributed by atoms with Gasteiger partial charge in [0.05, 0.1) is 5.75 Å². The summed E-state index contributed by atoms with van der Waals surface area (Å²) in [7, 11) is -3.29. The van der Waals surface area contributed by atoms with Crippen LogP contribution < -0.4 is 10.5 Å². The fourth-order valence-corrected chi connectivity index (χ4v) is 4.35. The minimum absolute atomic E-state index is 0.0181. The molecule has 1 saturated carbocycles. The van der Waals surface area contributed by atoms with Crippen molar-refractivity contribution in [2.75, 3.05) is 5.73 Å². The van der Waals surface area contributed by atoms with Crippen LogP contribution in [0.1, 0.15) is 45.1 Å². The van der Waals surface area contributed by atoms with Crippen molar-refractivity contribution in [1.82, 2.24) is 4.72 Å². The van der Waals surface area contributed by atoms with Crippen molar-refractivity contribution in [2.24, 2.45) is 5.41 Å². The maximum atomic E-state index is 12.2. The average Bonchev–Trinajstić information content (AvgIpc) is 2.30. The number of hydrogen-bond donors (Lipinski definition) is 2. The molecule has 1 aliphatic rings. The molecule has 1 aliphatic carbocycles. The number of hydrogen-bond acceptors (Lipinski definition) is 3. The molecule has 0 bridgehead atoms. The Morgan fingerprint density at radius 2 is 1.95 bits per heavy atom. The number of anilines is 1. The first kappa shape index (κ1) is 15.3. The Morgan fingerprint density at radius 1 is 1.30 bits per heavy atom. The van der Waals surface area contributed by atoms with Crippen LogP contribution >= 0.6 is 0 Å². The molecule has 0 radical (unpaired) electrons. The summed E-state index contributed by atoms with van der Waals surface area (Å²) in [5, 5.41) is 0. The van der Waals surface area contributed by atoms with Gasteiger partial charge in [0.15, 0.2) is 0 Å². The van der Waals surface area contributed by atoms with E-state index in [2.05, 4.69) is 18.6 Å². The molecule has 2 rings (SSSR count). The molecule has 0 spiro atoms. The van der Waals surface area contributed by atoms with E-state index in [4.69, 9.17) is 5.73 Å². The molecule has 3 N–H and O–H groups in total. The monoisotopic (exact) mass is 296 g/mol. The van der Waals surface area contributed by atoms with Crippen molar-refractivity contribution in [3.05, 3.63) is 29.8 Å². The number of sulfonamides is 1. The van der Waals surface area contributed by atoms with Crippen LogP contribution in [0.5, 0.6) is 0 Å². The Hall–Kier alpha value is -1.07. The first-order valence-corrected chi connectivity index (χ1v) is 8.75. The minimum atomic E-state index is -3.29. The summed E-state index contributed by atoms with van der Waals surface area (Å²) in [4.78, 5) is 0. The highest BCUT2D eigenvalue weighted by Gasteiger charge is 2.30. The van der Waals surface area contributed by atoms with Gasteiger partial charge in [-0.25, -0.2) is 13.1 Å². The lowest BCUT2D eigenvalue weighted by atomic mass is 9.75. The fraction of sp³-hybridized carbons (Fsp3) is 0.600. The second-order valence-electron chi connectivity index (χ2n) is 6.58. The lowest BCUT2D eigenvalue weighted by molar-refractivity contribution is 0.212. The van der Waals surface area contributed by atoms with Gasteiger partial charge in [0.25, 0.3) is 0 Å². The van der Waals surface area contributed by atoms with Gasteiger partial charge >= 0.3 is 0 Å². The Kier molecular flexibility index (Phi) is 4.39. The van der Waals surface area contributed by atoms with Crippen LogP contribution in [0.4, 0.5) is 5.69 Å². The molecule has 1 atom stereocenters. The highest BCUT2D eigenvalue weighted by Crippen LogP contribution is 2.35. The maximum Gasteiger partial charge on any atom is 0.216 e. The summed E-state index contributed by atoms with van der Waals surface area (Å²) < 4.78 is 27.3. The van der Waals surface area contributed by atoms with Crippen LogP contribution in [0, 0.1) is 5.41 Å². The third kappa shape index (κ3) is 4.49. The lowest BCUT2D eigenvalue weighted by Gasteiger charge is -2.35. The second-order valence-corrected chi connectivity index (χ2v) is 8.33. The number of nitrogens with two attached hydrogens (primary N) is 1. The van der Waals surface area contributed by atoms with Crippen LogP contribution in [-0.2, 0) is 15.8 Å². The highest BCUT2D eigenvalue weighted by atomic mass is 32.2. The van der Waals surface area contributed by atoms with Crippen LogP contribution in [-0.4, -0.2) is 14.5 Å². The summed E-state index contributed by atoms with van der Waals surface area (Å²) in [6.45, 7) is 4.40. The molecular formula is C15H24N2O2S. The normalized spacial score (nSPS) is 22.6. The third-order valence-electron chi connectivity index (χ3n) is 3.89. The van der Waals surface area contributed by atoms with Gasteiger partial charge in [-0.3, -0.25) is 0 Å². The molecule has 20 heavy (non-hydrogen) atoms. The Labute approximate surface area is 121 Å². The van der Waals surface area contributed by atoms with E-state index in [-0.39, 0.29) is 17.2 Å². The van der Waals surface area contributed by atoms with Crippen molar-refractivity contribution < 1.29 is 8.42 Å². The third-order valence-corrected chi connectivity index (χ3v) is 5.29. The van der Waals surface area contributed by atoms with Gasteiger partial charge in [-0.15, -0.1) is 0 Å². The zero-order valence-electron chi connectivity index (χ0n) is 12.2. The topological polar surface area (TPSA) is 72.2 Å². The Morgan fingerprint density at radius 3 is 2.55 bits per heavy atom. The Balaban J connectivity index is 1.98. The molecule has 0 aromatic heterocycles. The van der Waals surface area contributed by atoms with Crippen molar-refractivity contribution in [2.45, 2.75) is 51.3 Å². The second kappa shape index (κ2) is 5.74. The SMILES string of the molecule is CC1(C)CCCC(NS(=O)(=O)Cc2ccc(N)cc2)C1. The molecular weight excluding hydrogens is 272 g/mol. The molecule has 0 heterocycles. The largest absolute Gasteiger partial charge is 0.399 e. The van der Waals surface area contributed by atoms with Gasteiger partial charge in [0.1, 0.15) is 0 Å². The lowest BCUT2D eigenvalue weighted by Crippen LogP contribution is -2.41. The van der Waals surface area contributed by atoms with Crippen LogP contribution in [0.2, 0.25) is 0 Å². The summed E-state index contributed by atoms with van der Waals surface area (Å²) in [5.41, 5.74) is 7.25. The molecule has 4 nitrogen and oxygen atoms in total. The van der Waals surface area contributed by atoms with Crippen molar-refractivity contribution in [3.63, 3.8) is 0 Å².